The number of hydrogen-bond acceptors (Lipinski definition) is 5. The van der Waals surface area contributed by atoms with Crippen molar-refractivity contribution in [1.29, 1.82) is 0 Å². The topological polar surface area (TPSA) is 78.5 Å². The zero-order valence-electron chi connectivity index (χ0n) is 16.5. The Morgan fingerprint density at radius 2 is 1.72 bits per heavy atom. The van der Waals surface area contributed by atoms with Crippen LogP contribution >= 0.6 is 24.8 Å². The van der Waals surface area contributed by atoms with E-state index in [1.165, 1.54) is 18.4 Å². The minimum Gasteiger partial charge on any atom is -0.352 e. The first-order valence-corrected chi connectivity index (χ1v) is 11.4. The van der Waals surface area contributed by atoms with Gasteiger partial charge in [0.25, 0.3) is 0 Å². The molecule has 0 spiro atoms. The normalized spacial score (nSPS) is 20.2. The fraction of sp³-hybridized carbons (Fsp3) is 0.632. The van der Waals surface area contributed by atoms with Crippen molar-refractivity contribution < 1.29 is 17.6 Å². The first kappa shape index (κ1) is 26.1. The molecule has 1 aromatic rings. The van der Waals surface area contributed by atoms with Crippen LogP contribution in [0.2, 0.25) is 0 Å². The highest BCUT2D eigenvalue weighted by molar-refractivity contribution is 7.92. The molecule has 3 rings (SSSR count). The van der Waals surface area contributed by atoms with Crippen molar-refractivity contribution in [2.75, 3.05) is 32.4 Å². The molecule has 0 bridgehead atoms. The third-order valence-corrected chi connectivity index (χ3v) is 7.79. The van der Waals surface area contributed by atoms with Gasteiger partial charge in [0, 0.05) is 31.9 Å². The SMILES string of the molecule is CS(=O)(=O)C1(C(=O)NC2CCN(Cc3ccc(F)cc3)CC2)CCNCC1.Cl.Cl. The smallest absolute Gasteiger partial charge is 0.241 e. The number of benzene rings is 1. The van der Waals surface area contributed by atoms with Gasteiger partial charge in [-0.15, -0.1) is 24.8 Å². The zero-order valence-corrected chi connectivity index (χ0v) is 19.0. The van der Waals surface area contributed by atoms with E-state index in [2.05, 4.69) is 15.5 Å². The number of likely N-dealkylation sites (tertiary alicyclic amines) is 1. The Hall–Kier alpha value is -0.930. The number of halogens is 3. The minimum atomic E-state index is -3.49. The van der Waals surface area contributed by atoms with E-state index in [-0.39, 0.29) is 42.6 Å². The average Bonchev–Trinajstić information content (AvgIpc) is 2.65. The molecule has 2 heterocycles. The third kappa shape index (κ3) is 6.28. The quantitative estimate of drug-likeness (QED) is 0.688. The van der Waals surface area contributed by atoms with Crippen molar-refractivity contribution in [1.82, 2.24) is 15.5 Å². The maximum Gasteiger partial charge on any atom is 0.241 e. The molecule has 2 N–H and O–H groups in total. The molecular formula is C19H30Cl2FN3O3S. The molecule has 2 aliphatic rings. The molecule has 2 saturated heterocycles. The molecule has 29 heavy (non-hydrogen) atoms. The number of hydrogen-bond donors (Lipinski definition) is 2. The lowest BCUT2D eigenvalue weighted by Gasteiger charge is -2.38. The summed E-state index contributed by atoms with van der Waals surface area (Å²) >= 11 is 0. The third-order valence-electron chi connectivity index (χ3n) is 5.78. The number of carbonyl (C=O) groups is 1. The average molecular weight is 470 g/mol. The number of nitrogens with one attached hydrogen (secondary N) is 2. The summed E-state index contributed by atoms with van der Waals surface area (Å²) in [6.07, 6.45) is 3.38. The molecule has 0 atom stereocenters. The molecule has 6 nitrogen and oxygen atoms in total. The summed E-state index contributed by atoms with van der Waals surface area (Å²) in [5.41, 5.74) is 1.06. The fourth-order valence-corrected chi connectivity index (χ4v) is 5.34. The highest BCUT2D eigenvalue weighted by Gasteiger charge is 2.49. The van der Waals surface area contributed by atoms with E-state index in [9.17, 15) is 17.6 Å². The molecular weight excluding hydrogens is 440 g/mol. The van der Waals surface area contributed by atoms with E-state index < -0.39 is 14.6 Å². The zero-order chi connectivity index (χ0) is 19.5. The number of rotatable bonds is 5. The number of piperidine rings is 2. The van der Waals surface area contributed by atoms with E-state index in [4.69, 9.17) is 0 Å². The molecule has 2 fully saturated rings. The molecule has 1 aromatic carbocycles. The molecule has 0 radical (unpaired) electrons. The monoisotopic (exact) mass is 469 g/mol. The summed E-state index contributed by atoms with van der Waals surface area (Å²) in [6.45, 7) is 3.46. The van der Waals surface area contributed by atoms with Gasteiger partial charge in [-0.1, -0.05) is 12.1 Å². The number of carbonyl (C=O) groups excluding carboxylic acids is 1. The molecule has 0 unspecified atom stereocenters. The van der Waals surface area contributed by atoms with Crippen molar-refractivity contribution in [2.24, 2.45) is 0 Å². The molecule has 1 amide bonds. The van der Waals surface area contributed by atoms with Crippen LogP contribution in [-0.2, 0) is 21.2 Å². The van der Waals surface area contributed by atoms with Gasteiger partial charge >= 0.3 is 0 Å². The molecule has 166 valence electrons. The van der Waals surface area contributed by atoms with E-state index in [1.54, 1.807) is 12.1 Å². The summed E-state index contributed by atoms with van der Waals surface area (Å²) in [7, 11) is -3.49. The van der Waals surface area contributed by atoms with Crippen LogP contribution in [0.3, 0.4) is 0 Å². The lowest BCUT2D eigenvalue weighted by Crippen LogP contribution is -2.59. The lowest BCUT2D eigenvalue weighted by molar-refractivity contribution is -0.125. The van der Waals surface area contributed by atoms with Gasteiger partial charge in [0.15, 0.2) is 14.6 Å². The molecule has 10 heteroatoms. The highest BCUT2D eigenvalue weighted by atomic mass is 35.5. The summed E-state index contributed by atoms with van der Waals surface area (Å²) in [5.74, 6) is -0.582. The van der Waals surface area contributed by atoms with E-state index in [0.29, 0.717) is 25.9 Å². The maximum absolute atomic E-state index is 13.0. The second kappa shape index (κ2) is 10.9. The fourth-order valence-electron chi connectivity index (χ4n) is 4.00. The van der Waals surface area contributed by atoms with Gasteiger partial charge in [-0.05, 0) is 56.5 Å². The van der Waals surface area contributed by atoms with Gasteiger partial charge < -0.3 is 10.6 Å². The van der Waals surface area contributed by atoms with Crippen molar-refractivity contribution in [3.63, 3.8) is 0 Å². The van der Waals surface area contributed by atoms with Crippen molar-refractivity contribution in [3.8, 4) is 0 Å². The van der Waals surface area contributed by atoms with Crippen LogP contribution in [0.25, 0.3) is 0 Å². The number of nitrogens with zero attached hydrogens (tertiary/aromatic N) is 1. The summed E-state index contributed by atoms with van der Waals surface area (Å²) in [4.78, 5) is 15.1. The highest BCUT2D eigenvalue weighted by Crippen LogP contribution is 2.28. The maximum atomic E-state index is 13.0. The van der Waals surface area contributed by atoms with Crippen LogP contribution in [0.5, 0.6) is 0 Å². The predicted octanol–water partition coefficient (Wildman–Crippen LogP) is 1.92. The molecule has 2 aliphatic heterocycles. The Labute approximate surface area is 184 Å². The Bertz CT molecular complexity index is 763. The Kier molecular flexibility index (Phi) is 9.82. The summed E-state index contributed by atoms with van der Waals surface area (Å²) < 4.78 is 36.4. The van der Waals surface area contributed by atoms with Crippen molar-refractivity contribution >= 4 is 40.6 Å². The van der Waals surface area contributed by atoms with Crippen LogP contribution in [-0.4, -0.2) is 62.4 Å². The van der Waals surface area contributed by atoms with Crippen molar-refractivity contribution in [3.05, 3.63) is 35.6 Å². The predicted molar refractivity (Wildman–Crippen MR) is 117 cm³/mol. The molecule has 0 aromatic heterocycles. The van der Waals surface area contributed by atoms with E-state index in [1.807, 2.05) is 0 Å². The Morgan fingerprint density at radius 3 is 2.24 bits per heavy atom. The lowest BCUT2D eigenvalue weighted by atomic mass is 9.94. The summed E-state index contributed by atoms with van der Waals surface area (Å²) in [6, 6.07) is 6.50. The standard InChI is InChI=1S/C19H28FN3O3S.2ClH/c1-27(25,26)19(8-10-21-11-9-19)18(24)22-17-6-12-23(13-7-17)14-15-2-4-16(20)5-3-15;;/h2-5,17,21H,6-14H2,1H3,(H,22,24);2*1H. The molecule has 0 aliphatic carbocycles. The second-order valence-electron chi connectivity index (χ2n) is 7.67. The van der Waals surface area contributed by atoms with Gasteiger partial charge in [-0.3, -0.25) is 9.69 Å². The Morgan fingerprint density at radius 1 is 1.17 bits per heavy atom. The van der Waals surface area contributed by atoms with Crippen LogP contribution in [0.4, 0.5) is 4.39 Å². The van der Waals surface area contributed by atoms with Crippen LogP contribution < -0.4 is 10.6 Å². The largest absolute Gasteiger partial charge is 0.352 e. The van der Waals surface area contributed by atoms with E-state index in [0.717, 1.165) is 38.0 Å². The van der Waals surface area contributed by atoms with Gasteiger partial charge in [0.1, 0.15) is 5.82 Å². The van der Waals surface area contributed by atoms with Crippen LogP contribution in [0, 0.1) is 5.82 Å². The Balaban J connectivity index is 0.00000210. The van der Waals surface area contributed by atoms with Gasteiger partial charge in [0.05, 0.1) is 0 Å². The number of amides is 1. The molecule has 0 saturated carbocycles. The van der Waals surface area contributed by atoms with E-state index >= 15 is 0 Å². The second-order valence-corrected chi connectivity index (χ2v) is 9.99. The minimum absolute atomic E-state index is 0. The first-order valence-electron chi connectivity index (χ1n) is 9.48. The summed E-state index contributed by atoms with van der Waals surface area (Å²) in [5, 5.41) is 6.13. The van der Waals surface area contributed by atoms with Crippen LogP contribution in [0.15, 0.2) is 24.3 Å². The number of sulfone groups is 1. The first-order chi connectivity index (χ1) is 12.8. The van der Waals surface area contributed by atoms with Gasteiger partial charge in [-0.25, -0.2) is 12.8 Å². The van der Waals surface area contributed by atoms with Crippen molar-refractivity contribution in [2.45, 2.75) is 43.0 Å². The van der Waals surface area contributed by atoms with Crippen LogP contribution in [0.1, 0.15) is 31.2 Å². The van der Waals surface area contributed by atoms with Gasteiger partial charge in [0.2, 0.25) is 5.91 Å². The van der Waals surface area contributed by atoms with Gasteiger partial charge in [-0.2, -0.15) is 0 Å².